The van der Waals surface area contributed by atoms with Gasteiger partial charge in [-0.1, -0.05) is 98.2 Å². The van der Waals surface area contributed by atoms with Gasteiger partial charge in [0.1, 0.15) is 5.02 Å². The normalized spacial score (nSPS) is 12.9. The molecule has 9 heteroatoms. The summed E-state index contributed by atoms with van der Waals surface area (Å²) in [6.45, 7) is 18.6. The maximum Gasteiger partial charge on any atom is 0.262 e. The Labute approximate surface area is 231 Å². The third-order valence-corrected chi connectivity index (χ3v) is 8.58. The number of hydrogen-bond acceptors (Lipinski definition) is 4. The van der Waals surface area contributed by atoms with Crippen LogP contribution in [0.1, 0.15) is 102 Å². The number of nitrogens with one attached hydrogen (secondary N) is 2. The van der Waals surface area contributed by atoms with Crippen molar-refractivity contribution in [2.75, 3.05) is 4.72 Å². The van der Waals surface area contributed by atoms with Crippen LogP contribution in [-0.2, 0) is 15.4 Å². The molecule has 0 amide bonds. The van der Waals surface area contributed by atoms with E-state index in [1.54, 1.807) is 22.8 Å². The maximum atomic E-state index is 13.9. The van der Waals surface area contributed by atoms with Crippen LogP contribution in [0, 0.1) is 0 Å². The number of fused-ring (bicyclic) bond motifs is 1. The number of H-pyrrole nitrogens is 1. The lowest BCUT2D eigenvalue weighted by Crippen LogP contribution is -2.19. The van der Waals surface area contributed by atoms with E-state index in [2.05, 4.69) is 54.5 Å². The molecule has 0 aliphatic rings. The first-order valence-corrected chi connectivity index (χ1v) is 14.9. The lowest BCUT2D eigenvalue weighted by atomic mass is 9.89. The number of nitrogens with zero attached hydrogens (tertiary/aromatic N) is 3. The fourth-order valence-corrected chi connectivity index (χ4v) is 6.74. The maximum absolute atomic E-state index is 13.9. The van der Waals surface area contributed by atoms with Crippen molar-refractivity contribution in [3.63, 3.8) is 0 Å². The second-order valence-corrected chi connectivity index (χ2v) is 13.9. The van der Waals surface area contributed by atoms with Gasteiger partial charge < -0.3 is 0 Å². The Hall–Kier alpha value is -2.84. The summed E-state index contributed by atoms with van der Waals surface area (Å²) in [6, 6.07) is 11.2. The van der Waals surface area contributed by atoms with Crippen molar-refractivity contribution in [1.82, 2.24) is 19.8 Å². The van der Waals surface area contributed by atoms with Crippen molar-refractivity contribution < 1.29 is 8.42 Å². The molecule has 0 aliphatic carbocycles. The fraction of sp³-hybridized carbons (Fsp3) is 0.448. The monoisotopic (exact) mass is 555 g/mol. The lowest BCUT2D eigenvalue weighted by Gasteiger charge is -2.23. The average molecular weight is 556 g/mol. The van der Waals surface area contributed by atoms with Crippen molar-refractivity contribution in [3.05, 3.63) is 63.8 Å². The molecular formula is C29H38ClN5O2S. The first-order chi connectivity index (χ1) is 17.6. The number of sulfonamides is 1. The summed E-state index contributed by atoms with van der Waals surface area (Å²) in [5, 5.41) is 8.30. The van der Waals surface area contributed by atoms with Crippen LogP contribution in [0.3, 0.4) is 0 Å². The molecule has 0 fully saturated rings. The summed E-state index contributed by atoms with van der Waals surface area (Å²) in [6.07, 6.45) is 0. The molecule has 2 N–H and O–H groups in total. The molecule has 0 radical (unpaired) electrons. The van der Waals surface area contributed by atoms with E-state index in [1.807, 2.05) is 45.9 Å². The molecular weight excluding hydrogens is 518 g/mol. The molecule has 0 bridgehead atoms. The van der Waals surface area contributed by atoms with Gasteiger partial charge in [-0.2, -0.15) is 4.63 Å². The van der Waals surface area contributed by atoms with E-state index in [9.17, 15) is 8.42 Å². The van der Waals surface area contributed by atoms with Crippen molar-refractivity contribution >= 4 is 33.0 Å². The summed E-state index contributed by atoms with van der Waals surface area (Å²) in [4.78, 5) is 4.99. The summed E-state index contributed by atoms with van der Waals surface area (Å²) in [5.74, 6) is 0.841. The highest BCUT2D eigenvalue weighted by molar-refractivity contribution is 7.92. The van der Waals surface area contributed by atoms with Gasteiger partial charge in [-0.3, -0.25) is 9.82 Å². The minimum absolute atomic E-state index is 0.0459. The van der Waals surface area contributed by atoms with Crippen LogP contribution in [0.2, 0.25) is 5.02 Å². The molecule has 204 valence electrons. The molecule has 2 aromatic heterocycles. The highest BCUT2D eigenvalue weighted by Crippen LogP contribution is 2.37. The first kappa shape index (κ1) is 28.2. The van der Waals surface area contributed by atoms with E-state index in [4.69, 9.17) is 11.6 Å². The molecule has 2 heterocycles. The van der Waals surface area contributed by atoms with Crippen molar-refractivity contribution in [1.29, 1.82) is 0 Å². The fourth-order valence-electron chi connectivity index (χ4n) is 4.55. The minimum Gasteiger partial charge on any atom is -0.280 e. The molecule has 2 aromatic carbocycles. The highest BCUT2D eigenvalue weighted by Gasteiger charge is 2.28. The number of aromatic amines is 1. The molecule has 7 nitrogen and oxygen atoms in total. The Morgan fingerprint density at radius 1 is 0.947 bits per heavy atom. The third-order valence-electron chi connectivity index (χ3n) is 6.71. The van der Waals surface area contributed by atoms with Gasteiger partial charge in [0, 0.05) is 16.7 Å². The van der Waals surface area contributed by atoms with Gasteiger partial charge in [0.15, 0.2) is 11.5 Å². The van der Waals surface area contributed by atoms with E-state index in [1.165, 1.54) is 0 Å². The number of rotatable bonds is 7. The number of anilines is 1. The number of aromatic nitrogens is 4. The molecule has 0 unspecified atom stereocenters. The van der Waals surface area contributed by atoms with Crippen LogP contribution in [0.5, 0.6) is 0 Å². The SMILES string of the molecule is CC(C)c1cc(C(C)C)c(S(=O)(=O)Nc2cccc(-c3nc4c(Cl)c(C(C)(C)C)[nH]n4n3)c2)c(C(C)C)c1. The minimum atomic E-state index is -3.87. The Balaban J connectivity index is 1.75. The van der Waals surface area contributed by atoms with Gasteiger partial charge in [0.05, 0.1) is 10.6 Å². The van der Waals surface area contributed by atoms with Crippen LogP contribution in [0.25, 0.3) is 17.0 Å². The number of benzene rings is 2. The van der Waals surface area contributed by atoms with E-state index >= 15 is 0 Å². The molecule has 0 spiro atoms. The standard InChI is InChI=1S/C29H38ClN5O2S/c1-16(2)20-14-22(17(3)4)25(23(15-20)18(5)6)38(36,37)34-21-12-10-11-19(13-21)27-31-28-24(30)26(29(7,8)9)32-35(28)33-27/h10-18,32,34H,1-9H3. The molecule has 0 aliphatic heterocycles. The van der Waals surface area contributed by atoms with Crippen molar-refractivity contribution in [2.24, 2.45) is 0 Å². The van der Waals surface area contributed by atoms with Crippen LogP contribution in [-0.4, -0.2) is 28.2 Å². The quantitative estimate of drug-likeness (QED) is 0.243. The average Bonchev–Trinajstić information content (AvgIpc) is 3.37. The number of hydrogen-bond donors (Lipinski definition) is 2. The number of halogens is 1. The smallest absolute Gasteiger partial charge is 0.262 e. The van der Waals surface area contributed by atoms with Crippen molar-refractivity contribution in [3.8, 4) is 11.4 Å². The van der Waals surface area contributed by atoms with E-state index in [0.717, 1.165) is 22.4 Å². The highest BCUT2D eigenvalue weighted by atomic mass is 35.5. The van der Waals surface area contributed by atoms with Gasteiger partial charge in [0.25, 0.3) is 10.0 Å². The van der Waals surface area contributed by atoms with E-state index in [0.29, 0.717) is 38.6 Å². The Morgan fingerprint density at radius 2 is 1.55 bits per heavy atom. The predicted octanol–water partition coefficient (Wildman–Crippen LogP) is 7.85. The van der Waals surface area contributed by atoms with Crippen LogP contribution >= 0.6 is 11.6 Å². The van der Waals surface area contributed by atoms with E-state index < -0.39 is 10.0 Å². The zero-order valence-corrected chi connectivity index (χ0v) is 25.2. The van der Waals surface area contributed by atoms with Gasteiger partial charge in [-0.15, -0.1) is 5.10 Å². The van der Waals surface area contributed by atoms with Gasteiger partial charge >= 0.3 is 0 Å². The van der Waals surface area contributed by atoms with Gasteiger partial charge in [-0.25, -0.2) is 13.4 Å². The zero-order valence-electron chi connectivity index (χ0n) is 23.6. The van der Waals surface area contributed by atoms with E-state index in [-0.39, 0.29) is 17.3 Å². The van der Waals surface area contributed by atoms with Crippen LogP contribution in [0.15, 0.2) is 41.3 Å². The van der Waals surface area contributed by atoms with Crippen LogP contribution in [0.4, 0.5) is 5.69 Å². The first-order valence-electron chi connectivity index (χ1n) is 13.1. The Bertz CT molecular complexity index is 1560. The van der Waals surface area contributed by atoms with Gasteiger partial charge in [-0.05, 0) is 46.6 Å². The Morgan fingerprint density at radius 3 is 2.05 bits per heavy atom. The Kier molecular flexibility index (Phi) is 7.45. The second kappa shape index (κ2) is 10.0. The summed E-state index contributed by atoms with van der Waals surface area (Å²) in [7, 11) is -3.87. The third kappa shape index (κ3) is 5.34. The largest absolute Gasteiger partial charge is 0.280 e. The lowest BCUT2D eigenvalue weighted by molar-refractivity contribution is 0.557. The molecule has 4 rings (SSSR count). The molecule has 0 atom stereocenters. The molecule has 38 heavy (non-hydrogen) atoms. The van der Waals surface area contributed by atoms with Crippen LogP contribution < -0.4 is 4.72 Å². The topological polar surface area (TPSA) is 92.1 Å². The summed E-state index contributed by atoms with van der Waals surface area (Å²) in [5.41, 5.74) is 5.14. The molecule has 0 saturated heterocycles. The van der Waals surface area contributed by atoms with Gasteiger partial charge in [0.2, 0.25) is 0 Å². The summed E-state index contributed by atoms with van der Waals surface area (Å²) < 4.78 is 32.2. The summed E-state index contributed by atoms with van der Waals surface area (Å²) >= 11 is 6.59. The van der Waals surface area contributed by atoms with Crippen molar-refractivity contribution in [2.45, 2.75) is 90.4 Å². The second-order valence-electron chi connectivity index (χ2n) is 11.9. The molecule has 4 aromatic rings. The molecule has 0 saturated carbocycles. The predicted molar refractivity (Wildman–Crippen MR) is 156 cm³/mol. The zero-order chi connectivity index (χ0) is 28.2.